The zero-order chi connectivity index (χ0) is 31.4. The summed E-state index contributed by atoms with van der Waals surface area (Å²) in [5, 5.41) is 14.2. The van der Waals surface area contributed by atoms with Crippen LogP contribution in [0.4, 0.5) is 4.79 Å². The lowest BCUT2D eigenvalue weighted by molar-refractivity contribution is -0.0185. The molecule has 2 heterocycles. The van der Waals surface area contributed by atoms with Crippen LogP contribution in [0.5, 0.6) is 5.75 Å². The minimum Gasteiger partial charge on any atom is -0.497 e. The summed E-state index contributed by atoms with van der Waals surface area (Å²) in [6.45, 7) is 5.09. The predicted molar refractivity (Wildman–Crippen MR) is 172 cm³/mol. The fourth-order valence-corrected chi connectivity index (χ4v) is 5.93. The van der Waals surface area contributed by atoms with Crippen molar-refractivity contribution in [3.8, 4) is 16.9 Å². The number of methoxy groups -OCH3 is 1. The fourth-order valence-electron chi connectivity index (χ4n) is 5.93. The molecule has 9 heteroatoms. The van der Waals surface area contributed by atoms with Gasteiger partial charge in [-0.1, -0.05) is 61.5 Å². The van der Waals surface area contributed by atoms with E-state index in [0.29, 0.717) is 31.9 Å². The van der Waals surface area contributed by atoms with Gasteiger partial charge in [0.2, 0.25) is 0 Å². The van der Waals surface area contributed by atoms with Crippen LogP contribution in [-0.2, 0) is 24.9 Å². The van der Waals surface area contributed by atoms with Crippen LogP contribution in [0.2, 0.25) is 0 Å². The number of carbonyl (C=O) groups excluding carboxylic acids is 2. The molecule has 0 aliphatic carbocycles. The van der Waals surface area contributed by atoms with Crippen LogP contribution in [0.25, 0.3) is 22.0 Å². The summed E-state index contributed by atoms with van der Waals surface area (Å²) in [7, 11) is 5.29. The number of benzene rings is 3. The number of nitrogens with one attached hydrogen (secondary N) is 1. The first-order valence-corrected chi connectivity index (χ1v) is 15.0. The molecular weight excluding hydrogens is 556 g/mol. The lowest BCUT2D eigenvalue weighted by Crippen LogP contribution is -2.49. The Morgan fingerprint density at radius 1 is 1.11 bits per heavy atom. The van der Waals surface area contributed by atoms with Gasteiger partial charge in [-0.2, -0.15) is 0 Å². The van der Waals surface area contributed by atoms with Crippen LogP contribution in [0.3, 0.4) is 0 Å². The molecule has 44 heavy (non-hydrogen) atoms. The van der Waals surface area contributed by atoms with Crippen molar-refractivity contribution in [2.45, 2.75) is 39.1 Å². The van der Waals surface area contributed by atoms with E-state index >= 15 is 0 Å². The first-order valence-electron chi connectivity index (χ1n) is 15.0. The number of carbonyl (C=O) groups is 2. The molecule has 3 amide bonds. The van der Waals surface area contributed by atoms with Gasteiger partial charge in [0.05, 0.1) is 32.5 Å². The van der Waals surface area contributed by atoms with E-state index in [2.05, 4.69) is 5.32 Å². The molecule has 2 N–H and O–H groups in total. The molecule has 1 aliphatic heterocycles. The van der Waals surface area contributed by atoms with Crippen LogP contribution < -0.4 is 10.1 Å². The highest BCUT2D eigenvalue weighted by Crippen LogP contribution is 2.38. The average molecular weight is 599 g/mol. The number of hydrogen-bond donors (Lipinski definition) is 2. The van der Waals surface area contributed by atoms with Crippen LogP contribution >= 0.6 is 0 Å². The molecule has 3 aromatic carbocycles. The summed E-state index contributed by atoms with van der Waals surface area (Å²) in [6.07, 6.45) is -0.376. The number of ether oxygens (including phenoxy) is 2. The van der Waals surface area contributed by atoms with Gasteiger partial charge in [0, 0.05) is 56.1 Å². The molecule has 0 fully saturated rings. The van der Waals surface area contributed by atoms with Gasteiger partial charge >= 0.3 is 6.03 Å². The molecule has 1 aromatic heterocycles. The zero-order valence-corrected chi connectivity index (χ0v) is 26.1. The van der Waals surface area contributed by atoms with Crippen molar-refractivity contribution in [2.24, 2.45) is 13.0 Å². The molecule has 0 radical (unpaired) electrons. The van der Waals surface area contributed by atoms with Gasteiger partial charge in [-0.3, -0.25) is 4.79 Å². The first-order chi connectivity index (χ1) is 21.2. The maximum atomic E-state index is 14.5. The van der Waals surface area contributed by atoms with E-state index in [1.165, 1.54) is 0 Å². The zero-order valence-electron chi connectivity index (χ0n) is 26.1. The Kier molecular flexibility index (Phi) is 9.56. The van der Waals surface area contributed by atoms with Crippen molar-refractivity contribution in [2.75, 3.05) is 33.9 Å². The molecule has 0 saturated heterocycles. The molecule has 0 spiro atoms. The van der Waals surface area contributed by atoms with Crippen LogP contribution in [0.1, 0.15) is 35.5 Å². The monoisotopic (exact) mass is 598 g/mol. The number of hydrogen-bond acceptors (Lipinski definition) is 5. The highest BCUT2D eigenvalue weighted by atomic mass is 16.5. The molecular formula is C35H42N4O5. The summed E-state index contributed by atoms with van der Waals surface area (Å²) in [5.41, 5.74) is 5.27. The molecule has 0 saturated carbocycles. The minimum atomic E-state index is -0.419. The molecule has 232 valence electrons. The van der Waals surface area contributed by atoms with Crippen molar-refractivity contribution in [3.05, 3.63) is 89.6 Å². The van der Waals surface area contributed by atoms with Gasteiger partial charge in [-0.05, 0) is 41.8 Å². The number of aromatic nitrogens is 1. The third kappa shape index (κ3) is 6.30. The van der Waals surface area contributed by atoms with Crippen molar-refractivity contribution >= 4 is 22.8 Å². The second-order valence-electron chi connectivity index (χ2n) is 11.7. The number of aryl methyl sites for hydroxylation is 1. The maximum Gasteiger partial charge on any atom is 0.317 e. The number of para-hydroxylation sites is 1. The third-order valence-electron chi connectivity index (χ3n) is 8.63. The number of amides is 3. The summed E-state index contributed by atoms with van der Waals surface area (Å²) >= 11 is 0. The third-order valence-corrected chi connectivity index (χ3v) is 8.63. The minimum absolute atomic E-state index is 0.145. The number of urea groups is 1. The first kappa shape index (κ1) is 31.1. The van der Waals surface area contributed by atoms with Gasteiger partial charge in [-0.25, -0.2) is 4.79 Å². The lowest BCUT2D eigenvalue weighted by Gasteiger charge is -2.35. The lowest BCUT2D eigenvalue weighted by atomic mass is 9.96. The number of fused-ring (bicyclic) bond motifs is 5. The highest BCUT2D eigenvalue weighted by Gasteiger charge is 2.34. The van der Waals surface area contributed by atoms with Gasteiger partial charge < -0.3 is 34.3 Å². The van der Waals surface area contributed by atoms with Gasteiger partial charge in [-0.15, -0.1) is 0 Å². The molecule has 5 rings (SSSR count). The largest absolute Gasteiger partial charge is 0.497 e. The fraction of sp³-hybridized carbons (Fsp3) is 0.371. The van der Waals surface area contributed by atoms with Gasteiger partial charge in [0.25, 0.3) is 5.91 Å². The second-order valence-corrected chi connectivity index (χ2v) is 11.7. The summed E-state index contributed by atoms with van der Waals surface area (Å²) in [5.74, 6) is 0.470. The van der Waals surface area contributed by atoms with Crippen molar-refractivity contribution in [1.82, 2.24) is 19.7 Å². The molecule has 1 aliphatic rings. The standard InChI is InChI=1S/C35H42N4O5/c1-23-19-39(24(2)21-40)34(41)33-32(29-12-8-9-13-30(29)38(33)4)28-11-7-6-10-26(28)22-44-31(23)20-37(3)35(42)36-18-25-14-16-27(43-5)17-15-25/h6-17,23-24,31,40H,18-22H2,1-5H3,(H,36,42)/t23-,24+,31-/m0/s1. The summed E-state index contributed by atoms with van der Waals surface area (Å²) < 4.78 is 13.8. The van der Waals surface area contributed by atoms with E-state index in [4.69, 9.17) is 9.47 Å². The van der Waals surface area contributed by atoms with Crippen molar-refractivity contribution < 1.29 is 24.2 Å². The molecule has 0 unspecified atom stereocenters. The number of aliphatic hydroxyl groups is 1. The van der Waals surface area contributed by atoms with E-state index in [9.17, 15) is 14.7 Å². The second kappa shape index (κ2) is 13.5. The van der Waals surface area contributed by atoms with Crippen LogP contribution in [0, 0.1) is 5.92 Å². The van der Waals surface area contributed by atoms with Crippen molar-refractivity contribution in [3.63, 3.8) is 0 Å². The van der Waals surface area contributed by atoms with E-state index in [-0.39, 0.29) is 30.6 Å². The Labute approximate surface area is 259 Å². The van der Waals surface area contributed by atoms with Gasteiger partial charge in [0.15, 0.2) is 0 Å². The predicted octanol–water partition coefficient (Wildman–Crippen LogP) is 5.05. The Morgan fingerprint density at radius 3 is 2.55 bits per heavy atom. The Hall–Kier alpha value is -4.34. The smallest absolute Gasteiger partial charge is 0.317 e. The highest BCUT2D eigenvalue weighted by molar-refractivity contribution is 6.10. The number of likely N-dealkylation sites (N-methyl/N-ethyl adjacent to an activating group) is 1. The Bertz CT molecular complexity index is 1620. The van der Waals surface area contributed by atoms with E-state index < -0.39 is 6.04 Å². The quantitative estimate of drug-likeness (QED) is 0.310. The molecule has 3 atom stereocenters. The average Bonchev–Trinajstić information content (AvgIpc) is 3.34. The SMILES string of the molecule is COc1ccc(CNC(=O)N(C)C[C@@H]2OCc3ccccc3-c3c(n(C)c4ccccc34)C(=O)N([C@H](C)CO)C[C@@H]2C)cc1. The topological polar surface area (TPSA) is 96.3 Å². The summed E-state index contributed by atoms with van der Waals surface area (Å²) in [6, 6.07) is 23.0. The number of nitrogens with zero attached hydrogens (tertiary/aromatic N) is 3. The normalized spacial score (nSPS) is 17.8. The van der Waals surface area contributed by atoms with Crippen LogP contribution in [-0.4, -0.2) is 77.4 Å². The maximum absolute atomic E-state index is 14.5. The van der Waals surface area contributed by atoms with E-state index in [1.54, 1.807) is 24.0 Å². The molecule has 0 bridgehead atoms. The van der Waals surface area contributed by atoms with Gasteiger partial charge in [0.1, 0.15) is 11.4 Å². The molecule has 4 aromatic rings. The molecule has 9 nitrogen and oxygen atoms in total. The Balaban J connectivity index is 1.46. The Morgan fingerprint density at radius 2 is 1.82 bits per heavy atom. The number of rotatable bonds is 7. The van der Waals surface area contributed by atoms with Crippen LogP contribution in [0.15, 0.2) is 72.8 Å². The van der Waals surface area contributed by atoms with E-state index in [0.717, 1.165) is 38.9 Å². The summed E-state index contributed by atoms with van der Waals surface area (Å²) in [4.78, 5) is 31.0. The number of aliphatic hydroxyl groups excluding tert-OH is 1. The van der Waals surface area contributed by atoms with Crippen molar-refractivity contribution in [1.29, 1.82) is 0 Å². The van der Waals surface area contributed by atoms with E-state index in [1.807, 2.05) is 98.3 Å².